The standard InChI is InChI=1S/C2H3N3.HO2P/c1-2-4-5-3-1;1-3-2/h1-2H,(H,3,4,5);3H/p+1. The number of nitrogens with one attached hydrogen (secondary N) is 1. The first kappa shape index (κ1) is 7.20. The van der Waals surface area contributed by atoms with Gasteiger partial charge in [-0.1, -0.05) is 0 Å². The van der Waals surface area contributed by atoms with Crippen LogP contribution >= 0.6 is 8.69 Å². The summed E-state index contributed by atoms with van der Waals surface area (Å²) in [5.41, 5.74) is 0. The molecule has 2 N–H and O–H groups in total. The van der Waals surface area contributed by atoms with Crippen molar-refractivity contribution in [3.8, 4) is 0 Å². The van der Waals surface area contributed by atoms with Crippen molar-refractivity contribution < 1.29 is 9.46 Å². The van der Waals surface area contributed by atoms with Gasteiger partial charge in [-0.2, -0.15) is 20.3 Å². The predicted octanol–water partition coefficient (Wildman–Crippen LogP) is -0.278. The highest BCUT2D eigenvalue weighted by atomic mass is 31.1. The number of aromatic amines is 1. The summed E-state index contributed by atoms with van der Waals surface area (Å²) in [6.07, 6.45) is 3.17. The lowest BCUT2D eigenvalue weighted by Gasteiger charge is -1.48. The number of nitrogens with zero attached hydrogens (tertiary/aromatic N) is 2. The van der Waals surface area contributed by atoms with Crippen LogP contribution in [0.1, 0.15) is 0 Å². The van der Waals surface area contributed by atoms with Crippen LogP contribution in [0.15, 0.2) is 12.4 Å². The van der Waals surface area contributed by atoms with E-state index < -0.39 is 8.69 Å². The van der Waals surface area contributed by atoms with Crippen molar-refractivity contribution in [3.05, 3.63) is 12.4 Å². The Hall–Kier alpha value is -0.800. The van der Waals surface area contributed by atoms with Gasteiger partial charge in [0.2, 0.25) is 0 Å². The van der Waals surface area contributed by atoms with E-state index in [1.54, 1.807) is 12.4 Å². The Labute approximate surface area is 47.0 Å². The zero-order chi connectivity index (χ0) is 6.24. The molecule has 8 heavy (non-hydrogen) atoms. The first-order valence-corrected chi connectivity index (χ1v) is 2.58. The zero-order valence-electron chi connectivity index (χ0n) is 3.90. The summed E-state index contributed by atoms with van der Waals surface area (Å²) in [6, 6.07) is 0. The van der Waals surface area contributed by atoms with Crippen LogP contribution in [0.25, 0.3) is 0 Å². The first-order valence-electron chi connectivity index (χ1n) is 1.72. The van der Waals surface area contributed by atoms with Crippen molar-refractivity contribution in [2.24, 2.45) is 0 Å². The SMILES string of the molecule is O=[PH+]O.c1cn[nH]n1. The van der Waals surface area contributed by atoms with E-state index in [1.165, 1.54) is 0 Å². The maximum atomic E-state index is 8.51. The summed E-state index contributed by atoms with van der Waals surface area (Å²) in [5.74, 6) is 0. The molecule has 6 heteroatoms. The summed E-state index contributed by atoms with van der Waals surface area (Å²) in [5, 5.41) is 9.33. The molecule has 0 aromatic carbocycles. The first-order chi connectivity index (χ1) is 3.91. The molecule has 1 aromatic rings. The monoisotopic (exact) mass is 134 g/mol. The van der Waals surface area contributed by atoms with E-state index in [2.05, 4.69) is 15.4 Å². The van der Waals surface area contributed by atoms with Crippen LogP contribution in [0.3, 0.4) is 0 Å². The summed E-state index contributed by atoms with van der Waals surface area (Å²) in [7, 11) is -1.17. The van der Waals surface area contributed by atoms with Crippen LogP contribution < -0.4 is 0 Å². The number of H-pyrrole nitrogens is 1. The number of hydrogen-bond donors (Lipinski definition) is 2. The Balaban J connectivity index is 0.000000145. The lowest BCUT2D eigenvalue weighted by Crippen LogP contribution is -1.61. The molecule has 0 aliphatic carbocycles. The molecule has 0 amide bonds. The molecular formula is C2H5N3O2P+. The van der Waals surface area contributed by atoms with Gasteiger partial charge in [-0.15, -0.1) is 0 Å². The van der Waals surface area contributed by atoms with Gasteiger partial charge in [-0.05, 0) is 4.57 Å². The zero-order valence-corrected chi connectivity index (χ0v) is 4.90. The highest BCUT2D eigenvalue weighted by molar-refractivity contribution is 7.16. The molecule has 44 valence electrons. The second kappa shape index (κ2) is 6.20. The fraction of sp³-hybridized carbons (Fsp3) is 0. The summed E-state index contributed by atoms with van der Waals surface area (Å²) in [4.78, 5) is 7.04. The maximum Gasteiger partial charge on any atom is 0.491 e. The van der Waals surface area contributed by atoms with Gasteiger partial charge in [0.1, 0.15) is 0 Å². The van der Waals surface area contributed by atoms with Crippen LogP contribution in [-0.4, -0.2) is 20.3 Å². The van der Waals surface area contributed by atoms with Crippen LogP contribution in [0, 0.1) is 0 Å². The quantitative estimate of drug-likeness (QED) is 0.478. The Bertz CT molecular complexity index is 102. The van der Waals surface area contributed by atoms with Crippen LogP contribution in [0.2, 0.25) is 0 Å². The summed E-state index contributed by atoms with van der Waals surface area (Å²) >= 11 is 0. The maximum absolute atomic E-state index is 8.51. The fourth-order valence-electron chi connectivity index (χ4n) is 0.167. The van der Waals surface area contributed by atoms with E-state index in [-0.39, 0.29) is 0 Å². The third-order valence-electron chi connectivity index (χ3n) is 0.331. The summed E-state index contributed by atoms with van der Waals surface area (Å²) in [6.45, 7) is 0. The summed E-state index contributed by atoms with van der Waals surface area (Å²) < 4.78 is 8.51. The van der Waals surface area contributed by atoms with Gasteiger partial charge in [0, 0.05) is 0 Å². The smallest absolute Gasteiger partial charge is 0.198 e. The highest BCUT2D eigenvalue weighted by Crippen LogP contribution is 1.66. The van der Waals surface area contributed by atoms with Crippen molar-refractivity contribution in [1.29, 1.82) is 0 Å². The molecule has 1 aromatic heterocycles. The molecule has 1 heterocycles. The van der Waals surface area contributed by atoms with Crippen molar-refractivity contribution in [1.82, 2.24) is 15.4 Å². The topological polar surface area (TPSA) is 78.9 Å². The molecule has 0 aliphatic rings. The number of aromatic nitrogens is 3. The minimum atomic E-state index is -1.17. The lowest BCUT2D eigenvalue weighted by molar-refractivity contribution is 0.524. The number of rotatable bonds is 0. The molecule has 0 saturated heterocycles. The van der Waals surface area contributed by atoms with Gasteiger partial charge >= 0.3 is 8.69 Å². The minimum Gasteiger partial charge on any atom is -0.198 e. The molecule has 1 rings (SSSR count). The highest BCUT2D eigenvalue weighted by Gasteiger charge is 1.57. The van der Waals surface area contributed by atoms with Gasteiger partial charge < -0.3 is 0 Å². The molecule has 0 radical (unpaired) electrons. The van der Waals surface area contributed by atoms with E-state index in [0.29, 0.717) is 0 Å². The molecule has 0 bridgehead atoms. The molecule has 5 nitrogen and oxygen atoms in total. The Morgan fingerprint density at radius 3 is 2.00 bits per heavy atom. The van der Waals surface area contributed by atoms with E-state index in [4.69, 9.17) is 9.46 Å². The minimum absolute atomic E-state index is 1.17. The third kappa shape index (κ3) is 5.20. The van der Waals surface area contributed by atoms with E-state index in [1.807, 2.05) is 0 Å². The fourth-order valence-corrected chi connectivity index (χ4v) is 0.167. The number of hydrogen-bond acceptors (Lipinski definition) is 3. The second-order valence-corrected chi connectivity index (χ2v) is 0.930. The van der Waals surface area contributed by atoms with Crippen molar-refractivity contribution in [2.45, 2.75) is 0 Å². The van der Waals surface area contributed by atoms with Gasteiger partial charge in [-0.25, -0.2) is 0 Å². The van der Waals surface area contributed by atoms with Gasteiger partial charge in [0.15, 0.2) is 0 Å². The average molecular weight is 134 g/mol. The third-order valence-corrected chi connectivity index (χ3v) is 0.331. The molecule has 0 saturated carbocycles. The molecule has 0 aliphatic heterocycles. The molecule has 1 unspecified atom stereocenters. The Kier molecular flexibility index (Phi) is 5.58. The average Bonchev–Trinajstić information content (AvgIpc) is 2.17. The van der Waals surface area contributed by atoms with Crippen molar-refractivity contribution in [2.75, 3.05) is 0 Å². The second-order valence-electron chi connectivity index (χ2n) is 0.748. The van der Waals surface area contributed by atoms with Gasteiger partial charge in [0.25, 0.3) is 0 Å². The van der Waals surface area contributed by atoms with Crippen molar-refractivity contribution in [3.63, 3.8) is 0 Å². The van der Waals surface area contributed by atoms with E-state index in [9.17, 15) is 0 Å². The molecular weight excluding hydrogens is 129 g/mol. The van der Waals surface area contributed by atoms with E-state index in [0.717, 1.165) is 0 Å². The Morgan fingerprint density at radius 1 is 1.50 bits per heavy atom. The Morgan fingerprint density at radius 2 is 1.88 bits per heavy atom. The van der Waals surface area contributed by atoms with Gasteiger partial charge in [0.05, 0.1) is 12.4 Å². The molecule has 0 spiro atoms. The predicted molar refractivity (Wildman–Crippen MR) is 27.6 cm³/mol. The molecule has 1 atom stereocenters. The normalized spacial score (nSPS) is 7.62. The van der Waals surface area contributed by atoms with E-state index >= 15 is 0 Å². The largest absolute Gasteiger partial charge is 0.491 e. The van der Waals surface area contributed by atoms with Gasteiger partial charge in [-0.3, -0.25) is 0 Å². The lowest BCUT2D eigenvalue weighted by atomic mass is 11.0. The van der Waals surface area contributed by atoms with Crippen LogP contribution in [0.4, 0.5) is 0 Å². The van der Waals surface area contributed by atoms with Crippen molar-refractivity contribution >= 4 is 8.69 Å². The van der Waals surface area contributed by atoms with Crippen LogP contribution in [-0.2, 0) is 4.57 Å². The van der Waals surface area contributed by atoms with Crippen LogP contribution in [0.5, 0.6) is 0 Å². The molecule has 0 fully saturated rings.